The number of nitrogens with zero attached hydrogens (tertiary/aromatic N) is 3. The molecule has 0 N–H and O–H groups in total. The van der Waals surface area contributed by atoms with Crippen LogP contribution in [0.15, 0.2) is 30.3 Å². The van der Waals surface area contributed by atoms with Gasteiger partial charge in [0.25, 0.3) is 0 Å². The third-order valence-corrected chi connectivity index (χ3v) is 3.30. The lowest BCUT2D eigenvalue weighted by molar-refractivity contribution is 0.204. The molecule has 0 saturated carbocycles. The van der Waals surface area contributed by atoms with Gasteiger partial charge in [0.1, 0.15) is 5.82 Å². The highest BCUT2D eigenvalue weighted by molar-refractivity contribution is 5.86. The van der Waals surface area contributed by atoms with Crippen LogP contribution in [0.4, 0.5) is 5.82 Å². The number of aromatic nitrogens is 1. The van der Waals surface area contributed by atoms with Crippen molar-refractivity contribution in [1.29, 1.82) is 5.26 Å². The van der Waals surface area contributed by atoms with Gasteiger partial charge in [0, 0.05) is 25.6 Å². The Balaban J connectivity index is 2.44. The van der Waals surface area contributed by atoms with Gasteiger partial charge >= 0.3 is 0 Å². The second-order valence-corrected chi connectivity index (χ2v) is 5.49. The number of hydrogen-bond donors (Lipinski definition) is 0. The Kier molecular flexibility index (Phi) is 5.13. The number of fused-ring (bicyclic) bond motifs is 1. The monoisotopic (exact) mass is 283 g/mol. The summed E-state index contributed by atoms with van der Waals surface area (Å²) in [6.45, 7) is 6.64. The molecule has 0 unspecified atom stereocenters. The number of ether oxygens (including phenoxy) is 1. The first-order valence-electron chi connectivity index (χ1n) is 7.19. The van der Waals surface area contributed by atoms with Crippen LogP contribution in [0.1, 0.15) is 19.4 Å². The number of nitriles is 1. The van der Waals surface area contributed by atoms with Crippen LogP contribution in [0.25, 0.3) is 10.9 Å². The van der Waals surface area contributed by atoms with Gasteiger partial charge in [-0.05, 0) is 18.1 Å². The van der Waals surface area contributed by atoms with Crippen molar-refractivity contribution in [1.82, 2.24) is 4.98 Å². The van der Waals surface area contributed by atoms with Crippen LogP contribution in [-0.4, -0.2) is 31.8 Å². The number of benzene rings is 1. The van der Waals surface area contributed by atoms with Crippen molar-refractivity contribution in [3.63, 3.8) is 0 Å². The molecule has 2 rings (SSSR count). The lowest BCUT2D eigenvalue weighted by atomic mass is 10.1. The Hall–Kier alpha value is -2.12. The number of hydrogen-bond acceptors (Lipinski definition) is 4. The van der Waals surface area contributed by atoms with E-state index in [0.29, 0.717) is 18.1 Å². The quantitative estimate of drug-likeness (QED) is 0.816. The van der Waals surface area contributed by atoms with Crippen molar-refractivity contribution in [2.24, 2.45) is 5.92 Å². The fourth-order valence-corrected chi connectivity index (χ4v) is 2.36. The van der Waals surface area contributed by atoms with Gasteiger partial charge in [-0.2, -0.15) is 5.26 Å². The number of pyridine rings is 1. The van der Waals surface area contributed by atoms with Gasteiger partial charge < -0.3 is 9.64 Å². The van der Waals surface area contributed by atoms with E-state index in [9.17, 15) is 5.26 Å². The number of rotatable bonds is 6. The highest BCUT2D eigenvalue weighted by Crippen LogP contribution is 2.23. The molecule has 1 aromatic heterocycles. The largest absolute Gasteiger partial charge is 0.383 e. The second kappa shape index (κ2) is 7.05. The molecule has 0 aliphatic heterocycles. The minimum atomic E-state index is 0.515. The maximum Gasteiger partial charge on any atom is 0.130 e. The molecular weight excluding hydrogens is 262 g/mol. The summed E-state index contributed by atoms with van der Waals surface area (Å²) in [5.41, 5.74) is 1.53. The van der Waals surface area contributed by atoms with Crippen molar-refractivity contribution in [2.75, 3.05) is 31.7 Å². The highest BCUT2D eigenvalue weighted by atomic mass is 16.5. The topological polar surface area (TPSA) is 49.1 Å². The molecule has 1 aromatic carbocycles. The fraction of sp³-hybridized carbons (Fsp3) is 0.412. The Morgan fingerprint density at radius 3 is 2.76 bits per heavy atom. The SMILES string of the molecule is COCCN(CC(C)C)c1cc(C#N)c2ccccc2n1. The van der Waals surface area contributed by atoms with Crippen LogP contribution in [0.2, 0.25) is 0 Å². The van der Waals surface area contributed by atoms with Crippen LogP contribution in [0, 0.1) is 17.2 Å². The van der Waals surface area contributed by atoms with Gasteiger partial charge in [-0.25, -0.2) is 4.98 Å². The number of anilines is 1. The van der Waals surface area contributed by atoms with Crippen LogP contribution >= 0.6 is 0 Å². The Morgan fingerprint density at radius 2 is 2.10 bits per heavy atom. The molecule has 0 aliphatic rings. The molecular formula is C17H21N3O. The molecule has 21 heavy (non-hydrogen) atoms. The van der Waals surface area contributed by atoms with Crippen LogP contribution in [-0.2, 0) is 4.74 Å². The smallest absolute Gasteiger partial charge is 0.130 e. The van der Waals surface area contributed by atoms with Crippen molar-refractivity contribution < 1.29 is 4.74 Å². The molecule has 0 amide bonds. The molecule has 0 fully saturated rings. The number of methoxy groups -OCH3 is 1. The van der Waals surface area contributed by atoms with E-state index in [4.69, 9.17) is 9.72 Å². The summed E-state index contributed by atoms with van der Waals surface area (Å²) in [5.74, 6) is 1.36. The van der Waals surface area contributed by atoms with Gasteiger partial charge in [-0.15, -0.1) is 0 Å². The molecule has 4 nitrogen and oxygen atoms in total. The Bertz CT molecular complexity index is 646. The third kappa shape index (κ3) is 3.71. The number of para-hydroxylation sites is 1. The Labute approximate surface area is 126 Å². The maximum absolute atomic E-state index is 9.38. The van der Waals surface area contributed by atoms with E-state index in [1.807, 2.05) is 30.3 Å². The summed E-state index contributed by atoms with van der Waals surface area (Å²) in [7, 11) is 1.70. The zero-order chi connectivity index (χ0) is 15.2. The van der Waals surface area contributed by atoms with E-state index in [0.717, 1.165) is 29.8 Å². The minimum Gasteiger partial charge on any atom is -0.383 e. The van der Waals surface area contributed by atoms with E-state index >= 15 is 0 Å². The predicted molar refractivity (Wildman–Crippen MR) is 85.4 cm³/mol. The molecule has 110 valence electrons. The summed E-state index contributed by atoms with van der Waals surface area (Å²) in [6.07, 6.45) is 0. The van der Waals surface area contributed by atoms with Crippen molar-refractivity contribution in [3.8, 4) is 6.07 Å². The van der Waals surface area contributed by atoms with E-state index in [-0.39, 0.29) is 0 Å². The molecule has 0 spiro atoms. The minimum absolute atomic E-state index is 0.515. The molecule has 0 saturated heterocycles. The van der Waals surface area contributed by atoms with Crippen LogP contribution < -0.4 is 4.90 Å². The molecule has 4 heteroatoms. The van der Waals surface area contributed by atoms with Crippen molar-refractivity contribution in [3.05, 3.63) is 35.9 Å². The van der Waals surface area contributed by atoms with Gasteiger partial charge in [0.2, 0.25) is 0 Å². The second-order valence-electron chi connectivity index (χ2n) is 5.49. The third-order valence-electron chi connectivity index (χ3n) is 3.30. The van der Waals surface area contributed by atoms with Crippen LogP contribution in [0.3, 0.4) is 0 Å². The zero-order valence-corrected chi connectivity index (χ0v) is 12.8. The van der Waals surface area contributed by atoms with Gasteiger partial charge in [-0.3, -0.25) is 0 Å². The summed E-state index contributed by atoms with van der Waals surface area (Å²) >= 11 is 0. The van der Waals surface area contributed by atoms with E-state index in [1.54, 1.807) is 7.11 Å². The normalized spacial score (nSPS) is 10.8. The first kappa shape index (κ1) is 15.3. The van der Waals surface area contributed by atoms with Gasteiger partial charge in [0.05, 0.1) is 23.8 Å². The van der Waals surface area contributed by atoms with E-state index < -0.39 is 0 Å². The molecule has 0 atom stereocenters. The van der Waals surface area contributed by atoms with Crippen LogP contribution in [0.5, 0.6) is 0 Å². The average Bonchev–Trinajstić information content (AvgIpc) is 2.49. The summed E-state index contributed by atoms with van der Waals surface area (Å²) in [5, 5.41) is 10.3. The maximum atomic E-state index is 9.38. The fourth-order valence-electron chi connectivity index (χ4n) is 2.36. The standard InChI is InChI=1S/C17H21N3O/c1-13(2)12-20(8-9-21-3)17-10-14(11-18)15-6-4-5-7-16(15)19-17/h4-7,10,13H,8-9,12H2,1-3H3. The summed E-state index contributed by atoms with van der Waals surface area (Å²) in [6, 6.07) is 11.9. The lowest BCUT2D eigenvalue weighted by Gasteiger charge is -2.25. The van der Waals surface area contributed by atoms with Crippen molar-refractivity contribution in [2.45, 2.75) is 13.8 Å². The molecule has 0 radical (unpaired) electrons. The zero-order valence-electron chi connectivity index (χ0n) is 12.8. The van der Waals surface area contributed by atoms with E-state index in [2.05, 4.69) is 24.8 Å². The van der Waals surface area contributed by atoms with E-state index in [1.165, 1.54) is 0 Å². The summed E-state index contributed by atoms with van der Waals surface area (Å²) in [4.78, 5) is 6.89. The average molecular weight is 283 g/mol. The highest BCUT2D eigenvalue weighted by Gasteiger charge is 2.13. The molecule has 0 aliphatic carbocycles. The molecule has 1 heterocycles. The Morgan fingerprint density at radius 1 is 1.33 bits per heavy atom. The molecule has 0 bridgehead atoms. The first-order chi connectivity index (χ1) is 10.2. The summed E-state index contributed by atoms with van der Waals surface area (Å²) < 4.78 is 5.18. The first-order valence-corrected chi connectivity index (χ1v) is 7.19. The molecule has 2 aromatic rings. The van der Waals surface area contributed by atoms with Crippen molar-refractivity contribution >= 4 is 16.7 Å². The van der Waals surface area contributed by atoms with Gasteiger partial charge in [0.15, 0.2) is 0 Å². The van der Waals surface area contributed by atoms with Gasteiger partial charge in [-0.1, -0.05) is 32.0 Å². The predicted octanol–water partition coefficient (Wildman–Crippen LogP) is 3.22. The lowest BCUT2D eigenvalue weighted by Crippen LogP contribution is -2.31.